The summed E-state index contributed by atoms with van der Waals surface area (Å²) in [5, 5.41) is 6.24. The van der Waals surface area contributed by atoms with E-state index in [-0.39, 0.29) is 0 Å². The minimum Gasteiger partial charge on any atom is -0.368 e. The Kier molecular flexibility index (Phi) is 2.77. The molecule has 18 heavy (non-hydrogen) atoms. The average Bonchev–Trinajstić information content (AvgIpc) is 2.85. The van der Waals surface area contributed by atoms with Crippen LogP contribution in [0.5, 0.6) is 0 Å². The molecule has 0 radical (unpaired) electrons. The van der Waals surface area contributed by atoms with Crippen LogP contribution in [0.2, 0.25) is 0 Å². The summed E-state index contributed by atoms with van der Waals surface area (Å²) in [6.45, 7) is 0.662. The van der Waals surface area contributed by atoms with E-state index in [0.29, 0.717) is 12.5 Å². The molecule has 0 spiro atoms. The predicted octanol–water partition coefficient (Wildman–Crippen LogP) is 2.28. The van der Waals surface area contributed by atoms with Gasteiger partial charge in [-0.1, -0.05) is 6.07 Å². The van der Waals surface area contributed by atoms with E-state index in [9.17, 15) is 0 Å². The second-order valence-corrected chi connectivity index (χ2v) is 4.68. The number of nitrogens with zero attached hydrogens (tertiary/aromatic N) is 3. The first-order valence-corrected chi connectivity index (χ1v) is 6.34. The number of anilines is 2. The fourth-order valence-electron chi connectivity index (χ4n) is 1.70. The van der Waals surface area contributed by atoms with Crippen LogP contribution in [0.25, 0.3) is 10.2 Å². The number of nitrogens with two attached hydrogens (primary N) is 1. The lowest BCUT2D eigenvalue weighted by Crippen LogP contribution is -2.04. The third-order valence-electron chi connectivity index (χ3n) is 2.53. The zero-order valence-electron chi connectivity index (χ0n) is 9.50. The Morgan fingerprint density at radius 2 is 2.22 bits per heavy atom. The van der Waals surface area contributed by atoms with Crippen LogP contribution >= 0.6 is 11.3 Å². The number of hydrogen-bond acceptors (Lipinski definition) is 6. The van der Waals surface area contributed by atoms with E-state index in [4.69, 9.17) is 5.73 Å². The average molecular weight is 257 g/mol. The van der Waals surface area contributed by atoms with Crippen molar-refractivity contribution >= 4 is 33.3 Å². The van der Waals surface area contributed by atoms with Crippen LogP contribution in [-0.4, -0.2) is 15.0 Å². The summed E-state index contributed by atoms with van der Waals surface area (Å²) >= 11 is 1.55. The third kappa shape index (κ3) is 2.10. The summed E-state index contributed by atoms with van der Waals surface area (Å²) in [4.78, 5) is 13.4. The molecule has 3 aromatic heterocycles. The third-order valence-corrected chi connectivity index (χ3v) is 3.33. The van der Waals surface area contributed by atoms with Gasteiger partial charge in [0.2, 0.25) is 5.95 Å². The SMILES string of the molecule is Nc1nc(NCc2cccnc2)c2ccsc2n1. The van der Waals surface area contributed by atoms with Crippen LogP contribution in [0.3, 0.4) is 0 Å². The molecule has 0 aliphatic rings. The van der Waals surface area contributed by atoms with Crippen molar-refractivity contribution in [2.75, 3.05) is 11.1 Å². The first kappa shape index (κ1) is 10.9. The van der Waals surface area contributed by atoms with Crippen LogP contribution < -0.4 is 11.1 Å². The van der Waals surface area contributed by atoms with E-state index in [1.807, 2.05) is 29.8 Å². The summed E-state index contributed by atoms with van der Waals surface area (Å²) < 4.78 is 0. The Bertz CT molecular complexity index is 665. The molecule has 0 unspecified atom stereocenters. The summed E-state index contributed by atoms with van der Waals surface area (Å²) in [6, 6.07) is 5.91. The number of rotatable bonds is 3. The molecule has 0 saturated carbocycles. The van der Waals surface area contributed by atoms with Gasteiger partial charge in [-0.05, 0) is 23.1 Å². The molecule has 3 rings (SSSR count). The Balaban J connectivity index is 1.88. The van der Waals surface area contributed by atoms with Gasteiger partial charge in [-0.3, -0.25) is 4.98 Å². The Morgan fingerprint density at radius 3 is 3.06 bits per heavy atom. The highest BCUT2D eigenvalue weighted by Crippen LogP contribution is 2.25. The fourth-order valence-corrected chi connectivity index (χ4v) is 2.47. The number of thiophene rings is 1. The van der Waals surface area contributed by atoms with Crippen molar-refractivity contribution in [3.8, 4) is 0 Å². The summed E-state index contributed by atoms with van der Waals surface area (Å²) in [5.74, 6) is 1.06. The summed E-state index contributed by atoms with van der Waals surface area (Å²) in [6.07, 6.45) is 3.58. The number of aromatic nitrogens is 3. The van der Waals surface area contributed by atoms with E-state index in [0.717, 1.165) is 21.6 Å². The van der Waals surface area contributed by atoms with Gasteiger partial charge in [0.15, 0.2) is 0 Å². The lowest BCUT2D eigenvalue weighted by atomic mass is 10.3. The largest absolute Gasteiger partial charge is 0.368 e. The molecule has 0 amide bonds. The number of fused-ring (bicyclic) bond motifs is 1. The van der Waals surface area contributed by atoms with Crippen LogP contribution in [0.4, 0.5) is 11.8 Å². The van der Waals surface area contributed by atoms with Crippen LogP contribution in [0.15, 0.2) is 36.0 Å². The normalized spacial score (nSPS) is 10.7. The van der Waals surface area contributed by atoms with Crippen molar-refractivity contribution in [3.05, 3.63) is 41.5 Å². The Morgan fingerprint density at radius 1 is 1.28 bits per heavy atom. The lowest BCUT2D eigenvalue weighted by molar-refractivity contribution is 1.09. The maximum atomic E-state index is 5.68. The van der Waals surface area contributed by atoms with E-state index in [1.54, 1.807) is 17.5 Å². The standard InChI is InChI=1S/C12H11N5S/c13-12-16-10(9-3-5-18-11(9)17-12)15-7-8-2-1-4-14-6-8/h1-6H,7H2,(H3,13,15,16,17). The van der Waals surface area contributed by atoms with Gasteiger partial charge in [-0.25, -0.2) is 4.98 Å². The number of hydrogen-bond donors (Lipinski definition) is 2. The predicted molar refractivity (Wildman–Crippen MR) is 73.4 cm³/mol. The van der Waals surface area contributed by atoms with Gasteiger partial charge < -0.3 is 11.1 Å². The number of nitrogens with one attached hydrogen (secondary N) is 1. The zero-order chi connectivity index (χ0) is 12.4. The zero-order valence-corrected chi connectivity index (χ0v) is 10.3. The van der Waals surface area contributed by atoms with Crippen LogP contribution in [0.1, 0.15) is 5.56 Å². The number of pyridine rings is 1. The molecular weight excluding hydrogens is 246 g/mol. The first-order valence-electron chi connectivity index (χ1n) is 5.46. The van der Waals surface area contributed by atoms with Crippen LogP contribution in [0, 0.1) is 0 Å². The van der Waals surface area contributed by atoms with Gasteiger partial charge in [0, 0.05) is 18.9 Å². The van der Waals surface area contributed by atoms with Gasteiger partial charge in [-0.15, -0.1) is 11.3 Å². The van der Waals surface area contributed by atoms with Gasteiger partial charge in [-0.2, -0.15) is 4.98 Å². The van der Waals surface area contributed by atoms with Crippen molar-refractivity contribution in [2.45, 2.75) is 6.54 Å². The van der Waals surface area contributed by atoms with Gasteiger partial charge >= 0.3 is 0 Å². The molecule has 0 saturated heterocycles. The summed E-state index contributed by atoms with van der Waals surface area (Å²) in [7, 11) is 0. The molecule has 0 atom stereocenters. The molecular formula is C12H11N5S. The minimum atomic E-state index is 0.290. The van der Waals surface area contributed by atoms with E-state index < -0.39 is 0 Å². The first-order chi connectivity index (χ1) is 8.83. The highest BCUT2D eigenvalue weighted by Gasteiger charge is 2.06. The molecule has 5 nitrogen and oxygen atoms in total. The smallest absolute Gasteiger partial charge is 0.223 e. The van der Waals surface area contributed by atoms with Crippen molar-refractivity contribution in [1.29, 1.82) is 0 Å². The highest BCUT2D eigenvalue weighted by molar-refractivity contribution is 7.16. The lowest BCUT2D eigenvalue weighted by Gasteiger charge is -2.07. The van der Waals surface area contributed by atoms with Crippen molar-refractivity contribution < 1.29 is 0 Å². The monoisotopic (exact) mass is 257 g/mol. The second-order valence-electron chi connectivity index (χ2n) is 3.78. The molecule has 3 heterocycles. The minimum absolute atomic E-state index is 0.290. The molecule has 3 N–H and O–H groups in total. The van der Waals surface area contributed by atoms with Crippen molar-refractivity contribution in [1.82, 2.24) is 15.0 Å². The Hall–Kier alpha value is -2.21. The second kappa shape index (κ2) is 4.58. The maximum Gasteiger partial charge on any atom is 0.223 e. The molecule has 6 heteroatoms. The van der Waals surface area contributed by atoms with Crippen molar-refractivity contribution in [2.24, 2.45) is 0 Å². The fraction of sp³-hybridized carbons (Fsp3) is 0.0833. The van der Waals surface area contributed by atoms with E-state index in [2.05, 4.69) is 20.3 Å². The maximum absolute atomic E-state index is 5.68. The topological polar surface area (TPSA) is 76.7 Å². The van der Waals surface area contributed by atoms with Gasteiger partial charge in [0.1, 0.15) is 10.6 Å². The number of nitrogen functional groups attached to an aromatic ring is 1. The Labute approximate surface area is 108 Å². The van der Waals surface area contributed by atoms with Crippen LogP contribution in [-0.2, 0) is 6.54 Å². The summed E-state index contributed by atoms with van der Waals surface area (Å²) in [5.41, 5.74) is 6.78. The molecule has 0 aromatic carbocycles. The highest BCUT2D eigenvalue weighted by atomic mass is 32.1. The van der Waals surface area contributed by atoms with Crippen molar-refractivity contribution in [3.63, 3.8) is 0 Å². The quantitative estimate of drug-likeness (QED) is 0.752. The van der Waals surface area contributed by atoms with E-state index >= 15 is 0 Å². The van der Waals surface area contributed by atoms with Gasteiger partial charge in [0.25, 0.3) is 0 Å². The van der Waals surface area contributed by atoms with Gasteiger partial charge in [0.05, 0.1) is 5.39 Å². The molecule has 3 aromatic rings. The molecule has 0 fully saturated rings. The van der Waals surface area contributed by atoms with E-state index in [1.165, 1.54) is 0 Å². The molecule has 0 aliphatic carbocycles. The molecule has 0 bridgehead atoms. The molecule has 0 aliphatic heterocycles. The molecule has 90 valence electrons.